The zero-order valence-electron chi connectivity index (χ0n) is 15.1. The second kappa shape index (κ2) is 8.85. The Morgan fingerprint density at radius 3 is 2.71 bits per heavy atom. The molecule has 0 unspecified atom stereocenters. The quantitative estimate of drug-likeness (QED) is 0.280. The monoisotopic (exact) mass is 414 g/mol. The van der Waals surface area contributed by atoms with E-state index in [-0.39, 0.29) is 23.8 Å². The van der Waals surface area contributed by atoms with Crippen molar-refractivity contribution in [1.82, 2.24) is 20.4 Å². The number of hydrazine groups is 1. The summed E-state index contributed by atoms with van der Waals surface area (Å²) in [5.41, 5.74) is 5.36. The number of fused-ring (bicyclic) bond motifs is 1. The van der Waals surface area contributed by atoms with Gasteiger partial charge in [-0.25, -0.2) is 4.98 Å². The highest BCUT2D eigenvalue weighted by molar-refractivity contribution is 7.99. The molecule has 7 nitrogen and oxygen atoms in total. The summed E-state index contributed by atoms with van der Waals surface area (Å²) in [5.74, 6) is -0.754. The summed E-state index contributed by atoms with van der Waals surface area (Å²) in [5, 5.41) is 0.967. The van der Waals surface area contributed by atoms with Gasteiger partial charge in [-0.05, 0) is 11.6 Å². The van der Waals surface area contributed by atoms with Crippen molar-refractivity contribution in [3.8, 4) is 10.4 Å². The smallest absolute Gasteiger partial charge is 0.263 e. The van der Waals surface area contributed by atoms with Gasteiger partial charge in [-0.15, -0.1) is 17.9 Å². The number of carbonyl (C=O) groups excluding carboxylic acids is 2. The van der Waals surface area contributed by atoms with Crippen LogP contribution in [-0.2, 0) is 16.1 Å². The first kappa shape index (κ1) is 19.8. The minimum absolute atomic E-state index is 0.00624. The number of aromatic nitrogens is 2. The van der Waals surface area contributed by atoms with Crippen molar-refractivity contribution in [2.45, 2.75) is 18.6 Å². The summed E-state index contributed by atoms with van der Waals surface area (Å²) in [4.78, 5) is 41.8. The minimum Gasteiger partial charge on any atom is -0.283 e. The number of nitrogens with one attached hydrogen (secondary N) is 2. The van der Waals surface area contributed by atoms with Gasteiger partial charge in [-0.3, -0.25) is 29.8 Å². The van der Waals surface area contributed by atoms with Gasteiger partial charge in [-0.2, -0.15) is 0 Å². The highest BCUT2D eigenvalue weighted by Gasteiger charge is 2.16. The van der Waals surface area contributed by atoms with Crippen LogP contribution in [0, 0.1) is 0 Å². The fourth-order valence-electron chi connectivity index (χ4n) is 2.47. The van der Waals surface area contributed by atoms with Crippen LogP contribution in [0.1, 0.15) is 6.92 Å². The molecule has 2 amide bonds. The third-order valence-electron chi connectivity index (χ3n) is 3.70. The molecule has 0 aliphatic heterocycles. The molecule has 0 bridgehead atoms. The highest BCUT2D eigenvalue weighted by Crippen LogP contribution is 2.32. The lowest BCUT2D eigenvalue weighted by Gasteiger charge is -2.10. The van der Waals surface area contributed by atoms with E-state index in [1.807, 2.05) is 36.4 Å². The molecule has 2 aromatic heterocycles. The summed E-state index contributed by atoms with van der Waals surface area (Å²) < 4.78 is 1.49. The molecule has 2 heterocycles. The zero-order chi connectivity index (χ0) is 20.1. The number of hydrogen-bond donors (Lipinski definition) is 2. The van der Waals surface area contributed by atoms with Crippen molar-refractivity contribution in [2.75, 3.05) is 5.75 Å². The number of rotatable bonds is 6. The van der Waals surface area contributed by atoms with E-state index in [4.69, 9.17) is 0 Å². The van der Waals surface area contributed by atoms with E-state index in [0.717, 1.165) is 22.2 Å². The van der Waals surface area contributed by atoms with Gasteiger partial charge in [0.05, 0.1) is 11.1 Å². The second-order valence-electron chi connectivity index (χ2n) is 5.81. The van der Waals surface area contributed by atoms with Crippen LogP contribution in [0.25, 0.3) is 20.7 Å². The Bertz CT molecular complexity index is 1090. The van der Waals surface area contributed by atoms with Gasteiger partial charge < -0.3 is 0 Å². The van der Waals surface area contributed by atoms with Crippen molar-refractivity contribution >= 4 is 45.1 Å². The van der Waals surface area contributed by atoms with Crippen molar-refractivity contribution < 1.29 is 9.59 Å². The number of amides is 2. The average Bonchev–Trinajstić information content (AvgIpc) is 3.12. The van der Waals surface area contributed by atoms with E-state index < -0.39 is 5.91 Å². The first-order valence-electron chi connectivity index (χ1n) is 8.38. The number of hydrogen-bond acceptors (Lipinski definition) is 6. The van der Waals surface area contributed by atoms with Gasteiger partial charge >= 0.3 is 0 Å². The van der Waals surface area contributed by atoms with E-state index in [2.05, 4.69) is 22.4 Å². The normalized spacial score (nSPS) is 10.6. The predicted octanol–water partition coefficient (Wildman–Crippen LogP) is 2.57. The number of benzene rings is 1. The molecule has 0 atom stereocenters. The van der Waals surface area contributed by atoms with Gasteiger partial charge in [0.2, 0.25) is 11.8 Å². The molecular formula is C19H18N4O3S2. The molecule has 144 valence electrons. The average molecular weight is 415 g/mol. The third-order valence-corrected chi connectivity index (χ3v) is 5.75. The maximum Gasteiger partial charge on any atom is 0.263 e. The van der Waals surface area contributed by atoms with Crippen molar-refractivity contribution in [3.05, 3.63) is 59.4 Å². The first-order chi connectivity index (χ1) is 13.5. The number of allylic oxidation sites excluding steroid dienone is 1. The number of nitrogens with zero attached hydrogens (tertiary/aromatic N) is 2. The predicted molar refractivity (Wildman–Crippen MR) is 112 cm³/mol. The Labute approximate surface area is 169 Å². The van der Waals surface area contributed by atoms with Gasteiger partial charge in [0.1, 0.15) is 4.83 Å². The fraction of sp³-hybridized carbons (Fsp3) is 0.158. The van der Waals surface area contributed by atoms with Crippen LogP contribution in [-0.4, -0.2) is 27.1 Å². The third kappa shape index (κ3) is 4.49. The Kier molecular flexibility index (Phi) is 6.27. The molecule has 3 aromatic rings. The molecule has 1 aromatic carbocycles. The van der Waals surface area contributed by atoms with E-state index in [9.17, 15) is 14.4 Å². The van der Waals surface area contributed by atoms with Gasteiger partial charge in [0, 0.05) is 18.3 Å². The molecule has 0 aliphatic carbocycles. The number of carbonyl (C=O) groups is 2. The molecule has 3 rings (SSSR count). The van der Waals surface area contributed by atoms with Gasteiger partial charge in [0.25, 0.3) is 5.56 Å². The number of thioether (sulfide) groups is 1. The molecule has 0 aliphatic rings. The standard InChI is InChI=1S/C19H18N4O3S2/c1-3-9-23-18(26)14-10-15(13-7-5-4-6-8-13)28-17(14)20-19(23)27-11-16(25)22-21-12(2)24/h3-8,10H,1,9,11H2,2H3,(H,21,24)(H,22,25). The highest BCUT2D eigenvalue weighted by atomic mass is 32.2. The molecule has 28 heavy (non-hydrogen) atoms. The fourth-order valence-corrected chi connectivity index (χ4v) is 4.35. The van der Waals surface area contributed by atoms with Gasteiger partial charge in [0.15, 0.2) is 5.16 Å². The minimum atomic E-state index is -0.393. The molecule has 2 N–H and O–H groups in total. The van der Waals surface area contributed by atoms with Crippen molar-refractivity contribution in [3.63, 3.8) is 0 Å². The Balaban J connectivity index is 1.94. The van der Waals surface area contributed by atoms with Crippen LogP contribution in [0.3, 0.4) is 0 Å². The lowest BCUT2D eigenvalue weighted by Crippen LogP contribution is -2.41. The Morgan fingerprint density at radius 2 is 2.04 bits per heavy atom. The Morgan fingerprint density at radius 1 is 1.29 bits per heavy atom. The zero-order valence-corrected chi connectivity index (χ0v) is 16.7. The molecule has 0 saturated heterocycles. The van der Waals surface area contributed by atoms with Crippen LogP contribution in [0.5, 0.6) is 0 Å². The Hall–Kier alpha value is -2.91. The van der Waals surface area contributed by atoms with Crippen molar-refractivity contribution in [1.29, 1.82) is 0 Å². The van der Waals surface area contributed by atoms with Crippen LogP contribution < -0.4 is 16.4 Å². The lowest BCUT2D eigenvalue weighted by atomic mass is 10.2. The topological polar surface area (TPSA) is 93.1 Å². The molecule has 9 heteroatoms. The molecular weight excluding hydrogens is 396 g/mol. The van der Waals surface area contributed by atoms with E-state index in [1.165, 1.54) is 22.8 Å². The summed E-state index contributed by atoms with van der Waals surface area (Å²) in [6, 6.07) is 11.6. The summed E-state index contributed by atoms with van der Waals surface area (Å²) >= 11 is 2.56. The number of thiophene rings is 1. The summed E-state index contributed by atoms with van der Waals surface area (Å²) in [6.07, 6.45) is 1.61. The van der Waals surface area contributed by atoms with Crippen LogP contribution >= 0.6 is 23.1 Å². The maximum absolute atomic E-state index is 13.0. The summed E-state index contributed by atoms with van der Waals surface area (Å²) in [6.45, 7) is 5.28. The van der Waals surface area contributed by atoms with E-state index in [0.29, 0.717) is 15.4 Å². The molecule has 0 saturated carbocycles. The van der Waals surface area contributed by atoms with E-state index in [1.54, 1.807) is 6.08 Å². The second-order valence-corrected chi connectivity index (χ2v) is 7.79. The molecule has 0 fully saturated rings. The van der Waals surface area contributed by atoms with Crippen molar-refractivity contribution in [2.24, 2.45) is 0 Å². The van der Waals surface area contributed by atoms with Crippen LogP contribution in [0.4, 0.5) is 0 Å². The van der Waals surface area contributed by atoms with Crippen LogP contribution in [0.15, 0.2) is 59.0 Å². The lowest BCUT2D eigenvalue weighted by molar-refractivity contribution is -0.126. The first-order valence-corrected chi connectivity index (χ1v) is 10.2. The van der Waals surface area contributed by atoms with Gasteiger partial charge in [-0.1, -0.05) is 48.2 Å². The maximum atomic E-state index is 13.0. The summed E-state index contributed by atoms with van der Waals surface area (Å²) in [7, 11) is 0. The molecule has 0 radical (unpaired) electrons. The molecule has 0 spiro atoms. The SMILES string of the molecule is C=CCn1c(SCC(=O)NNC(C)=O)nc2sc(-c3ccccc3)cc2c1=O. The van der Waals surface area contributed by atoms with E-state index >= 15 is 0 Å². The van der Waals surface area contributed by atoms with Crippen LogP contribution in [0.2, 0.25) is 0 Å². The largest absolute Gasteiger partial charge is 0.283 e.